The Morgan fingerprint density at radius 1 is 1.26 bits per heavy atom. The summed E-state index contributed by atoms with van der Waals surface area (Å²) in [6.45, 7) is 1.88. The van der Waals surface area contributed by atoms with E-state index in [1.165, 1.54) is 29.5 Å². The van der Waals surface area contributed by atoms with E-state index in [-0.39, 0.29) is 5.69 Å². The summed E-state index contributed by atoms with van der Waals surface area (Å²) >= 11 is 1.28. The van der Waals surface area contributed by atoms with Gasteiger partial charge in [0.25, 0.3) is 0 Å². The van der Waals surface area contributed by atoms with E-state index < -0.39 is 10.7 Å². The largest absolute Gasteiger partial charge is 0.502 e. The SMILES string of the molecule is Cc1cccc(-c2sc(N)nc2-c2ccc([N+](=O)[O-])c(O)c2)n1. The summed E-state index contributed by atoms with van der Waals surface area (Å²) in [7, 11) is 0. The van der Waals surface area contributed by atoms with Gasteiger partial charge in [0.1, 0.15) is 0 Å². The second-order valence-electron chi connectivity index (χ2n) is 4.85. The van der Waals surface area contributed by atoms with Crippen LogP contribution in [0.15, 0.2) is 36.4 Å². The molecule has 3 aromatic rings. The summed E-state index contributed by atoms with van der Waals surface area (Å²) in [6.07, 6.45) is 0. The highest BCUT2D eigenvalue weighted by molar-refractivity contribution is 7.19. The fraction of sp³-hybridized carbons (Fsp3) is 0.0667. The molecule has 23 heavy (non-hydrogen) atoms. The van der Waals surface area contributed by atoms with Gasteiger partial charge in [0.05, 0.1) is 21.2 Å². The van der Waals surface area contributed by atoms with Gasteiger partial charge >= 0.3 is 5.69 Å². The summed E-state index contributed by atoms with van der Waals surface area (Å²) in [4.78, 5) is 19.6. The molecular formula is C15H12N4O3S. The molecule has 0 saturated heterocycles. The van der Waals surface area contributed by atoms with Crippen molar-refractivity contribution in [2.75, 3.05) is 5.73 Å². The number of benzene rings is 1. The summed E-state index contributed by atoms with van der Waals surface area (Å²) in [5, 5.41) is 21.0. The van der Waals surface area contributed by atoms with Gasteiger partial charge in [-0.1, -0.05) is 17.4 Å². The molecule has 0 aliphatic heterocycles. The number of anilines is 1. The number of nitrogens with zero attached hydrogens (tertiary/aromatic N) is 3. The van der Waals surface area contributed by atoms with E-state index in [4.69, 9.17) is 5.73 Å². The highest BCUT2D eigenvalue weighted by Crippen LogP contribution is 2.39. The van der Waals surface area contributed by atoms with Gasteiger partial charge in [-0.25, -0.2) is 4.98 Å². The average molecular weight is 328 g/mol. The monoisotopic (exact) mass is 328 g/mol. The molecule has 0 amide bonds. The molecule has 1 aromatic carbocycles. The van der Waals surface area contributed by atoms with Crippen LogP contribution in [0.1, 0.15) is 5.69 Å². The Morgan fingerprint density at radius 2 is 2.04 bits per heavy atom. The van der Waals surface area contributed by atoms with Crippen molar-refractivity contribution in [3.8, 4) is 27.6 Å². The van der Waals surface area contributed by atoms with Crippen molar-refractivity contribution in [1.82, 2.24) is 9.97 Å². The average Bonchev–Trinajstić information content (AvgIpc) is 2.89. The molecular weight excluding hydrogens is 316 g/mol. The van der Waals surface area contributed by atoms with Gasteiger partial charge < -0.3 is 10.8 Å². The molecule has 8 heteroatoms. The van der Waals surface area contributed by atoms with Gasteiger partial charge in [-0.15, -0.1) is 0 Å². The molecule has 0 radical (unpaired) electrons. The molecule has 2 aromatic heterocycles. The van der Waals surface area contributed by atoms with Crippen LogP contribution in [-0.2, 0) is 0 Å². The molecule has 0 unspecified atom stereocenters. The highest BCUT2D eigenvalue weighted by atomic mass is 32.1. The number of pyridine rings is 1. The van der Waals surface area contributed by atoms with Crippen LogP contribution in [0, 0.1) is 17.0 Å². The Balaban J connectivity index is 2.14. The van der Waals surface area contributed by atoms with Gasteiger partial charge in [0.15, 0.2) is 10.9 Å². The second kappa shape index (κ2) is 5.65. The van der Waals surface area contributed by atoms with Crippen LogP contribution in [0.25, 0.3) is 21.8 Å². The minimum atomic E-state index is -0.641. The van der Waals surface area contributed by atoms with E-state index in [2.05, 4.69) is 9.97 Å². The molecule has 3 N–H and O–H groups in total. The van der Waals surface area contributed by atoms with Crippen molar-refractivity contribution in [2.45, 2.75) is 6.92 Å². The molecule has 0 aliphatic rings. The standard InChI is InChI=1S/C15H12N4O3S/c1-8-3-2-4-10(17-8)14-13(18-15(16)23-14)9-5-6-11(19(21)22)12(20)7-9/h2-7,20H,1H3,(H2,16,18). The van der Waals surface area contributed by atoms with Crippen LogP contribution in [0.5, 0.6) is 5.75 Å². The number of thiazole rings is 1. The van der Waals surface area contributed by atoms with Crippen LogP contribution in [0.2, 0.25) is 0 Å². The summed E-state index contributed by atoms with van der Waals surface area (Å²) in [5.41, 5.74) is 8.11. The van der Waals surface area contributed by atoms with Crippen LogP contribution < -0.4 is 5.73 Å². The molecule has 3 rings (SSSR count). The third kappa shape index (κ3) is 2.84. The molecule has 7 nitrogen and oxygen atoms in total. The van der Waals surface area contributed by atoms with E-state index in [9.17, 15) is 15.2 Å². The Hall–Kier alpha value is -3.00. The van der Waals surface area contributed by atoms with E-state index in [1.807, 2.05) is 25.1 Å². The molecule has 0 atom stereocenters. The molecule has 0 saturated carbocycles. The Morgan fingerprint density at radius 3 is 2.70 bits per heavy atom. The lowest BCUT2D eigenvalue weighted by atomic mass is 10.1. The predicted octanol–water partition coefficient (Wildman–Crippen LogP) is 3.38. The first-order valence-electron chi connectivity index (χ1n) is 6.64. The van der Waals surface area contributed by atoms with Crippen molar-refractivity contribution >= 4 is 22.2 Å². The van der Waals surface area contributed by atoms with Gasteiger partial charge in [-0.3, -0.25) is 15.1 Å². The van der Waals surface area contributed by atoms with Crippen LogP contribution >= 0.6 is 11.3 Å². The number of phenolic OH excluding ortho intramolecular Hbond substituents is 1. The van der Waals surface area contributed by atoms with Crippen LogP contribution in [0.4, 0.5) is 10.8 Å². The number of phenols is 1. The van der Waals surface area contributed by atoms with E-state index >= 15 is 0 Å². The number of nitro groups is 1. The Labute approximate surface area is 135 Å². The molecule has 0 aliphatic carbocycles. The Kier molecular flexibility index (Phi) is 3.67. The number of nitro benzene ring substituents is 1. The van der Waals surface area contributed by atoms with E-state index in [0.717, 1.165) is 10.6 Å². The van der Waals surface area contributed by atoms with Crippen LogP contribution in [0.3, 0.4) is 0 Å². The first kappa shape index (κ1) is 14.9. The van der Waals surface area contributed by atoms with E-state index in [0.29, 0.717) is 22.1 Å². The van der Waals surface area contributed by atoms with Crippen molar-refractivity contribution in [1.29, 1.82) is 0 Å². The van der Waals surface area contributed by atoms with Crippen molar-refractivity contribution < 1.29 is 10.0 Å². The van der Waals surface area contributed by atoms with Crippen molar-refractivity contribution in [3.05, 3.63) is 52.2 Å². The third-order valence-corrected chi connectivity index (χ3v) is 4.12. The molecule has 2 heterocycles. The number of nitrogen functional groups attached to an aromatic ring is 1. The fourth-order valence-electron chi connectivity index (χ4n) is 2.20. The smallest absolute Gasteiger partial charge is 0.310 e. The van der Waals surface area contributed by atoms with Crippen LogP contribution in [-0.4, -0.2) is 20.0 Å². The van der Waals surface area contributed by atoms with Gasteiger partial charge in [0.2, 0.25) is 0 Å². The molecule has 0 bridgehead atoms. The number of hydrogen-bond acceptors (Lipinski definition) is 7. The van der Waals surface area contributed by atoms with Gasteiger partial charge in [0, 0.05) is 17.3 Å². The summed E-state index contributed by atoms with van der Waals surface area (Å²) in [5.74, 6) is -0.415. The summed E-state index contributed by atoms with van der Waals surface area (Å²) in [6, 6.07) is 9.69. The maximum absolute atomic E-state index is 10.8. The van der Waals surface area contributed by atoms with Crippen molar-refractivity contribution in [3.63, 3.8) is 0 Å². The topological polar surface area (TPSA) is 115 Å². The zero-order valence-electron chi connectivity index (χ0n) is 12.1. The van der Waals surface area contributed by atoms with Crippen molar-refractivity contribution in [2.24, 2.45) is 0 Å². The lowest BCUT2D eigenvalue weighted by Gasteiger charge is -2.04. The molecule has 116 valence electrons. The van der Waals surface area contributed by atoms with Gasteiger partial charge in [-0.05, 0) is 31.2 Å². The predicted molar refractivity (Wildman–Crippen MR) is 88.2 cm³/mol. The molecule has 0 spiro atoms. The minimum absolute atomic E-state index is 0.354. The normalized spacial score (nSPS) is 10.7. The lowest BCUT2D eigenvalue weighted by Crippen LogP contribution is -1.91. The number of aromatic nitrogens is 2. The third-order valence-electron chi connectivity index (χ3n) is 3.21. The number of rotatable bonds is 3. The number of aromatic hydroxyl groups is 1. The maximum Gasteiger partial charge on any atom is 0.310 e. The maximum atomic E-state index is 10.8. The summed E-state index contributed by atoms with van der Waals surface area (Å²) < 4.78 is 0. The lowest BCUT2D eigenvalue weighted by molar-refractivity contribution is -0.385. The minimum Gasteiger partial charge on any atom is -0.502 e. The highest BCUT2D eigenvalue weighted by Gasteiger charge is 2.19. The quantitative estimate of drug-likeness (QED) is 0.562. The van der Waals surface area contributed by atoms with Gasteiger partial charge in [-0.2, -0.15) is 0 Å². The fourth-order valence-corrected chi connectivity index (χ4v) is 3.03. The van der Waals surface area contributed by atoms with E-state index in [1.54, 1.807) is 0 Å². The zero-order valence-corrected chi connectivity index (χ0v) is 12.9. The zero-order chi connectivity index (χ0) is 16.6. The Bertz CT molecular complexity index is 907. The number of nitrogens with two attached hydrogens (primary N) is 1. The molecule has 0 fully saturated rings. The number of aryl methyl sites for hydroxylation is 1. The number of hydrogen-bond donors (Lipinski definition) is 2. The second-order valence-corrected chi connectivity index (χ2v) is 5.89. The first-order chi connectivity index (χ1) is 11.0. The first-order valence-corrected chi connectivity index (χ1v) is 7.45.